The van der Waals surface area contributed by atoms with Gasteiger partial charge in [0.15, 0.2) is 0 Å². The highest BCUT2D eigenvalue weighted by molar-refractivity contribution is 5.94. The fourth-order valence-corrected chi connectivity index (χ4v) is 5.94. The van der Waals surface area contributed by atoms with Crippen LogP contribution in [0.4, 0.5) is 0 Å². The zero-order valence-electron chi connectivity index (χ0n) is 29.1. The van der Waals surface area contributed by atoms with Gasteiger partial charge in [0.05, 0.1) is 24.7 Å². The van der Waals surface area contributed by atoms with Gasteiger partial charge in [0, 0.05) is 47.8 Å². The molecule has 0 saturated heterocycles. The summed E-state index contributed by atoms with van der Waals surface area (Å²) < 4.78 is 2.08. The summed E-state index contributed by atoms with van der Waals surface area (Å²) in [6, 6.07) is 32.0. The van der Waals surface area contributed by atoms with Gasteiger partial charge in [-0.05, 0) is 86.7 Å². The molecule has 0 aliphatic heterocycles. The smallest absolute Gasteiger partial charge is 0.251 e. The highest BCUT2D eigenvalue weighted by Crippen LogP contribution is 2.19. The van der Waals surface area contributed by atoms with Crippen LogP contribution >= 0.6 is 0 Å². The van der Waals surface area contributed by atoms with Crippen molar-refractivity contribution in [1.29, 1.82) is 0 Å². The molecule has 2 heterocycles. The SMILES string of the molecule is Cc1ccc(C)n1-c1ccc(C(O)CNC(C)Cc2ccc(CC(=O)NCc3ccc(C(=O)NC(C)C(O)c4ccccc4)cc3)cc2)cn1. The van der Waals surface area contributed by atoms with Gasteiger partial charge in [-0.2, -0.15) is 0 Å². The van der Waals surface area contributed by atoms with Crippen molar-refractivity contribution in [3.63, 3.8) is 0 Å². The summed E-state index contributed by atoms with van der Waals surface area (Å²) in [5.74, 6) is 0.476. The summed E-state index contributed by atoms with van der Waals surface area (Å²) in [6.07, 6.45) is 1.30. The Labute approximate surface area is 294 Å². The van der Waals surface area contributed by atoms with Crippen molar-refractivity contribution in [3.05, 3.63) is 154 Å². The molecule has 0 aliphatic rings. The Bertz CT molecular complexity index is 1820. The molecule has 0 fully saturated rings. The second-order valence-electron chi connectivity index (χ2n) is 13.0. The van der Waals surface area contributed by atoms with Crippen molar-refractivity contribution in [2.45, 2.75) is 71.4 Å². The van der Waals surface area contributed by atoms with Gasteiger partial charge in [-0.25, -0.2) is 4.98 Å². The monoisotopic (exact) mass is 673 g/mol. The lowest BCUT2D eigenvalue weighted by molar-refractivity contribution is -0.120. The van der Waals surface area contributed by atoms with Crippen LogP contribution in [0.25, 0.3) is 5.82 Å². The predicted molar refractivity (Wildman–Crippen MR) is 196 cm³/mol. The molecule has 0 radical (unpaired) electrons. The van der Waals surface area contributed by atoms with Crippen LogP contribution in [0.2, 0.25) is 0 Å². The molecule has 2 aromatic heterocycles. The zero-order valence-corrected chi connectivity index (χ0v) is 29.1. The fourth-order valence-electron chi connectivity index (χ4n) is 5.94. The van der Waals surface area contributed by atoms with E-state index in [-0.39, 0.29) is 24.3 Å². The first-order valence-corrected chi connectivity index (χ1v) is 17.1. The Morgan fingerprint density at radius 2 is 1.40 bits per heavy atom. The van der Waals surface area contributed by atoms with Gasteiger partial charge in [0.25, 0.3) is 5.91 Å². The number of aryl methyl sites for hydroxylation is 2. The van der Waals surface area contributed by atoms with Crippen LogP contribution in [0.5, 0.6) is 0 Å². The molecule has 9 heteroatoms. The lowest BCUT2D eigenvalue weighted by atomic mass is 10.0. The molecule has 0 spiro atoms. The Morgan fingerprint density at radius 3 is 2.04 bits per heavy atom. The number of aliphatic hydroxyl groups is 2. The van der Waals surface area contributed by atoms with Crippen molar-refractivity contribution in [2.24, 2.45) is 0 Å². The first kappa shape index (κ1) is 36.2. The molecule has 0 saturated carbocycles. The molecule has 5 N–H and O–H groups in total. The van der Waals surface area contributed by atoms with Gasteiger partial charge in [0.1, 0.15) is 5.82 Å². The summed E-state index contributed by atoms with van der Waals surface area (Å²) >= 11 is 0. The molecule has 4 atom stereocenters. The second kappa shape index (κ2) is 17.0. The third-order valence-electron chi connectivity index (χ3n) is 8.92. The average Bonchev–Trinajstić information content (AvgIpc) is 3.47. The molecule has 9 nitrogen and oxygen atoms in total. The highest BCUT2D eigenvalue weighted by atomic mass is 16.3. The number of nitrogens with one attached hydrogen (secondary N) is 3. The van der Waals surface area contributed by atoms with E-state index in [0.717, 1.165) is 51.4 Å². The highest BCUT2D eigenvalue weighted by Gasteiger charge is 2.19. The van der Waals surface area contributed by atoms with Crippen molar-refractivity contribution < 1.29 is 19.8 Å². The van der Waals surface area contributed by atoms with Crippen molar-refractivity contribution >= 4 is 11.8 Å². The lowest BCUT2D eigenvalue weighted by Crippen LogP contribution is -2.37. The van der Waals surface area contributed by atoms with Gasteiger partial charge in [0.2, 0.25) is 5.91 Å². The molecule has 4 unspecified atom stereocenters. The van der Waals surface area contributed by atoms with E-state index < -0.39 is 18.2 Å². The number of aromatic nitrogens is 2. The van der Waals surface area contributed by atoms with Crippen LogP contribution < -0.4 is 16.0 Å². The number of pyridine rings is 1. The summed E-state index contributed by atoms with van der Waals surface area (Å²) in [4.78, 5) is 29.9. The van der Waals surface area contributed by atoms with Gasteiger partial charge >= 0.3 is 0 Å². The number of carbonyl (C=O) groups excluding carboxylic acids is 2. The maximum absolute atomic E-state index is 12.7. The van der Waals surface area contributed by atoms with Crippen molar-refractivity contribution in [2.75, 3.05) is 6.54 Å². The lowest BCUT2D eigenvalue weighted by Gasteiger charge is -2.20. The van der Waals surface area contributed by atoms with E-state index in [2.05, 4.69) is 44.6 Å². The Balaban J connectivity index is 1.01. The van der Waals surface area contributed by atoms with Gasteiger partial charge in [-0.3, -0.25) is 9.59 Å². The van der Waals surface area contributed by atoms with E-state index in [0.29, 0.717) is 18.7 Å². The molecule has 0 aliphatic carbocycles. The number of hydrogen-bond donors (Lipinski definition) is 5. The van der Waals surface area contributed by atoms with Crippen molar-refractivity contribution in [3.8, 4) is 5.82 Å². The Morgan fingerprint density at radius 1 is 0.760 bits per heavy atom. The predicted octanol–water partition coefficient (Wildman–Crippen LogP) is 5.45. The van der Waals surface area contributed by atoms with Gasteiger partial charge in [-0.1, -0.05) is 72.8 Å². The summed E-state index contributed by atoms with van der Waals surface area (Å²) in [5, 5.41) is 30.5. The number of rotatable bonds is 15. The molecule has 260 valence electrons. The summed E-state index contributed by atoms with van der Waals surface area (Å²) in [6.45, 7) is 8.71. The number of nitrogens with zero attached hydrogens (tertiary/aromatic N) is 2. The van der Waals surface area contributed by atoms with Crippen molar-refractivity contribution in [1.82, 2.24) is 25.5 Å². The Kier molecular flexibility index (Phi) is 12.3. The molecule has 0 bridgehead atoms. The number of hydrogen-bond acceptors (Lipinski definition) is 6. The number of carbonyl (C=O) groups is 2. The molecule has 2 amide bonds. The first-order valence-electron chi connectivity index (χ1n) is 17.1. The van der Waals surface area contributed by atoms with Gasteiger partial charge < -0.3 is 30.7 Å². The van der Waals surface area contributed by atoms with E-state index in [1.807, 2.05) is 92.7 Å². The molecule has 50 heavy (non-hydrogen) atoms. The summed E-state index contributed by atoms with van der Waals surface area (Å²) in [5.41, 5.74) is 7.16. The molecular formula is C41H47N5O4. The van der Waals surface area contributed by atoms with Crippen LogP contribution in [0.3, 0.4) is 0 Å². The average molecular weight is 674 g/mol. The minimum Gasteiger partial charge on any atom is -0.387 e. The largest absolute Gasteiger partial charge is 0.387 e. The third kappa shape index (κ3) is 9.75. The van der Waals surface area contributed by atoms with Crippen LogP contribution in [0, 0.1) is 13.8 Å². The maximum atomic E-state index is 12.7. The maximum Gasteiger partial charge on any atom is 0.251 e. The topological polar surface area (TPSA) is 129 Å². The second-order valence-corrected chi connectivity index (χ2v) is 13.0. The number of benzene rings is 3. The van der Waals surface area contributed by atoms with Crippen LogP contribution in [0.1, 0.15) is 75.6 Å². The third-order valence-corrected chi connectivity index (χ3v) is 8.92. The Hall–Kier alpha value is -5.09. The molecule has 5 rings (SSSR count). The standard InChI is InChI=1S/C41H47N5O4/c1-27(42-26-37(47)36-20-21-38(43-25-36)46-28(2)10-11-29(46)3)22-31-12-14-32(15-13-31)23-39(48)44-24-33-16-18-35(19-17-33)41(50)45-30(4)40(49)34-8-6-5-7-9-34/h5-21,25,27,30,37,40,42,47,49H,22-24,26H2,1-4H3,(H,44,48)(H,45,50). The fraction of sp³-hybridized carbons (Fsp3) is 0.293. The number of amides is 2. The van der Waals surface area contributed by atoms with E-state index in [1.165, 1.54) is 0 Å². The minimum atomic E-state index is -0.811. The van der Waals surface area contributed by atoms with Gasteiger partial charge in [-0.15, -0.1) is 0 Å². The van der Waals surface area contributed by atoms with E-state index in [9.17, 15) is 19.8 Å². The van der Waals surface area contributed by atoms with Crippen LogP contribution in [-0.4, -0.2) is 50.2 Å². The molecule has 3 aromatic carbocycles. The minimum absolute atomic E-state index is 0.0894. The van der Waals surface area contributed by atoms with E-state index >= 15 is 0 Å². The number of aliphatic hydroxyl groups excluding tert-OH is 2. The zero-order chi connectivity index (χ0) is 35.6. The summed E-state index contributed by atoms with van der Waals surface area (Å²) in [7, 11) is 0. The molecule has 5 aromatic rings. The van der Waals surface area contributed by atoms with E-state index in [4.69, 9.17) is 0 Å². The van der Waals surface area contributed by atoms with Crippen LogP contribution in [-0.2, 0) is 24.2 Å². The van der Waals surface area contributed by atoms with Crippen LogP contribution in [0.15, 0.2) is 109 Å². The first-order chi connectivity index (χ1) is 24.1. The van der Waals surface area contributed by atoms with E-state index in [1.54, 1.807) is 25.3 Å². The quantitative estimate of drug-likeness (QED) is 0.101. The molecular weight excluding hydrogens is 626 g/mol. The normalized spacial score (nSPS) is 13.6.